The maximum Gasteiger partial charge on any atom is 0.335 e. The highest BCUT2D eigenvalue weighted by molar-refractivity contribution is 7.78. The van der Waals surface area contributed by atoms with Gasteiger partial charge in [-0.3, -0.25) is 9.52 Å². The highest BCUT2D eigenvalue weighted by atomic mass is 32.1. The number of thiol groups is 1. The van der Waals surface area contributed by atoms with E-state index in [-0.39, 0.29) is 11.5 Å². The van der Waals surface area contributed by atoms with E-state index in [0.717, 1.165) is 0 Å². The molecular weight excluding hydrogens is 190 g/mol. The average molecular weight is 197 g/mol. The van der Waals surface area contributed by atoms with Gasteiger partial charge in [0, 0.05) is 5.56 Å². The van der Waals surface area contributed by atoms with E-state index in [1.54, 1.807) is 0 Å². The van der Waals surface area contributed by atoms with Crippen LogP contribution < -0.4 is 4.72 Å². The Balaban J connectivity index is 2.93. The first-order valence-electron chi connectivity index (χ1n) is 3.43. The molecule has 1 rings (SSSR count). The van der Waals surface area contributed by atoms with Crippen LogP contribution in [0, 0.1) is 0 Å². The summed E-state index contributed by atoms with van der Waals surface area (Å²) in [7, 11) is 0. The first-order chi connectivity index (χ1) is 6.15. The molecule has 0 saturated heterocycles. The van der Waals surface area contributed by atoms with Gasteiger partial charge in [-0.05, 0) is 24.3 Å². The normalized spacial score (nSPS) is 9.31. The van der Waals surface area contributed by atoms with E-state index in [2.05, 4.69) is 17.5 Å². The van der Waals surface area contributed by atoms with Gasteiger partial charge < -0.3 is 5.11 Å². The number of nitrogens with one attached hydrogen (secondary N) is 1. The second kappa shape index (κ2) is 3.95. The molecule has 68 valence electrons. The molecule has 0 aliphatic rings. The minimum atomic E-state index is -1.02. The highest BCUT2D eigenvalue weighted by Crippen LogP contribution is 2.04. The summed E-state index contributed by atoms with van der Waals surface area (Å²) in [4.78, 5) is 21.4. The summed E-state index contributed by atoms with van der Waals surface area (Å²) >= 11 is 3.58. The zero-order valence-corrected chi connectivity index (χ0v) is 7.41. The zero-order valence-electron chi connectivity index (χ0n) is 6.52. The fourth-order valence-electron chi connectivity index (χ4n) is 0.829. The summed E-state index contributed by atoms with van der Waals surface area (Å²) < 4.78 is 2.14. The van der Waals surface area contributed by atoms with Gasteiger partial charge in [-0.2, -0.15) is 0 Å². The molecule has 4 nitrogen and oxygen atoms in total. The van der Waals surface area contributed by atoms with Crippen molar-refractivity contribution in [2.45, 2.75) is 0 Å². The molecule has 0 spiro atoms. The van der Waals surface area contributed by atoms with Crippen LogP contribution in [0.1, 0.15) is 20.7 Å². The predicted molar refractivity (Wildman–Crippen MR) is 49.9 cm³/mol. The third-order valence-electron chi connectivity index (χ3n) is 1.50. The number of benzene rings is 1. The average Bonchev–Trinajstić information content (AvgIpc) is 2.17. The Morgan fingerprint density at radius 2 is 1.62 bits per heavy atom. The van der Waals surface area contributed by atoms with Crippen LogP contribution in [0.15, 0.2) is 24.3 Å². The van der Waals surface area contributed by atoms with Crippen LogP contribution in [0.3, 0.4) is 0 Å². The third-order valence-corrected chi connectivity index (χ3v) is 1.70. The summed E-state index contributed by atoms with van der Waals surface area (Å²) in [6.07, 6.45) is 0. The molecule has 0 aromatic heterocycles. The Morgan fingerprint density at radius 3 is 2.00 bits per heavy atom. The van der Waals surface area contributed by atoms with Gasteiger partial charge in [0.25, 0.3) is 5.91 Å². The van der Waals surface area contributed by atoms with E-state index in [4.69, 9.17) is 5.11 Å². The lowest BCUT2D eigenvalue weighted by Gasteiger charge is -1.98. The maximum absolute atomic E-state index is 11.0. The van der Waals surface area contributed by atoms with Crippen molar-refractivity contribution in [1.29, 1.82) is 0 Å². The molecule has 5 heteroatoms. The molecule has 0 saturated carbocycles. The van der Waals surface area contributed by atoms with Gasteiger partial charge in [0.1, 0.15) is 0 Å². The molecule has 1 aromatic rings. The number of hydrogen-bond donors (Lipinski definition) is 3. The van der Waals surface area contributed by atoms with E-state index < -0.39 is 5.97 Å². The van der Waals surface area contributed by atoms with Gasteiger partial charge in [0.15, 0.2) is 0 Å². The number of aromatic carboxylic acids is 1. The van der Waals surface area contributed by atoms with Gasteiger partial charge in [-0.25, -0.2) is 4.79 Å². The summed E-state index contributed by atoms with van der Waals surface area (Å²) in [6.45, 7) is 0. The molecule has 0 aliphatic carbocycles. The van der Waals surface area contributed by atoms with Crippen molar-refractivity contribution < 1.29 is 14.7 Å². The summed E-state index contributed by atoms with van der Waals surface area (Å²) in [5, 5.41) is 8.56. The second-order valence-corrected chi connectivity index (χ2v) is 2.55. The molecule has 1 aromatic carbocycles. The number of rotatable bonds is 2. The van der Waals surface area contributed by atoms with Crippen molar-refractivity contribution >= 4 is 24.7 Å². The standard InChI is InChI=1S/C8H7NO3S/c10-7(9-13)5-1-3-6(4-2-5)8(11)12/h1-4,13H,(H,9,10)(H,11,12). The highest BCUT2D eigenvalue weighted by Gasteiger charge is 2.05. The van der Waals surface area contributed by atoms with E-state index >= 15 is 0 Å². The largest absolute Gasteiger partial charge is 0.478 e. The molecule has 0 fully saturated rings. The Bertz CT molecular complexity index is 334. The van der Waals surface area contributed by atoms with Crippen molar-refractivity contribution in [2.75, 3.05) is 0 Å². The molecule has 0 unspecified atom stereocenters. The maximum atomic E-state index is 11.0. The van der Waals surface area contributed by atoms with E-state index in [1.807, 2.05) is 0 Å². The van der Waals surface area contributed by atoms with Crippen molar-refractivity contribution in [3.8, 4) is 0 Å². The third kappa shape index (κ3) is 2.22. The molecule has 13 heavy (non-hydrogen) atoms. The molecule has 1 amide bonds. The first-order valence-corrected chi connectivity index (χ1v) is 3.87. The van der Waals surface area contributed by atoms with Crippen molar-refractivity contribution in [3.05, 3.63) is 35.4 Å². The van der Waals surface area contributed by atoms with Gasteiger partial charge in [-0.15, -0.1) is 0 Å². The van der Waals surface area contributed by atoms with Crippen molar-refractivity contribution in [2.24, 2.45) is 0 Å². The van der Waals surface area contributed by atoms with Crippen LogP contribution in [0.4, 0.5) is 0 Å². The summed E-state index contributed by atoms with van der Waals surface area (Å²) in [6, 6.07) is 5.57. The lowest BCUT2D eigenvalue weighted by Crippen LogP contribution is -2.12. The molecule has 0 atom stereocenters. The van der Waals surface area contributed by atoms with Gasteiger partial charge in [0.2, 0.25) is 0 Å². The van der Waals surface area contributed by atoms with Crippen molar-refractivity contribution in [3.63, 3.8) is 0 Å². The second-order valence-electron chi connectivity index (χ2n) is 2.32. The Labute approximate surface area is 80.1 Å². The van der Waals surface area contributed by atoms with Gasteiger partial charge >= 0.3 is 5.97 Å². The smallest absolute Gasteiger partial charge is 0.335 e. The molecule has 2 N–H and O–H groups in total. The Hall–Kier alpha value is -1.49. The number of carbonyl (C=O) groups is 2. The van der Waals surface area contributed by atoms with Crippen LogP contribution in [0.5, 0.6) is 0 Å². The zero-order chi connectivity index (χ0) is 9.84. The Morgan fingerprint density at radius 1 is 1.15 bits per heavy atom. The number of carbonyl (C=O) groups excluding carboxylic acids is 1. The molecular formula is C8H7NO3S. The fraction of sp³-hybridized carbons (Fsp3) is 0. The molecule has 0 aliphatic heterocycles. The molecule has 0 radical (unpaired) electrons. The van der Waals surface area contributed by atoms with Gasteiger partial charge in [-0.1, -0.05) is 12.8 Å². The van der Waals surface area contributed by atoms with Gasteiger partial charge in [0.05, 0.1) is 5.56 Å². The van der Waals surface area contributed by atoms with Crippen LogP contribution in [-0.2, 0) is 0 Å². The molecule has 0 heterocycles. The van der Waals surface area contributed by atoms with Crippen LogP contribution >= 0.6 is 12.8 Å². The van der Waals surface area contributed by atoms with E-state index in [9.17, 15) is 9.59 Å². The lowest BCUT2D eigenvalue weighted by molar-refractivity contribution is 0.0696. The predicted octanol–water partition coefficient (Wildman–Crippen LogP) is 0.959. The number of carboxylic acid groups (broad SMARTS) is 1. The van der Waals surface area contributed by atoms with Crippen LogP contribution in [0.25, 0.3) is 0 Å². The summed E-state index contributed by atoms with van der Waals surface area (Å²) in [5.74, 6) is -1.38. The number of carboxylic acids is 1. The fourth-order valence-corrected chi connectivity index (χ4v) is 0.958. The first kappa shape index (κ1) is 9.60. The Kier molecular flexibility index (Phi) is 2.92. The number of amides is 1. The van der Waals surface area contributed by atoms with E-state index in [0.29, 0.717) is 5.56 Å². The van der Waals surface area contributed by atoms with Crippen LogP contribution in [0.2, 0.25) is 0 Å². The summed E-state index contributed by atoms with van der Waals surface area (Å²) in [5.41, 5.74) is 0.524. The minimum Gasteiger partial charge on any atom is -0.478 e. The number of hydrogen-bond acceptors (Lipinski definition) is 3. The monoisotopic (exact) mass is 197 g/mol. The van der Waals surface area contributed by atoms with Crippen LogP contribution in [-0.4, -0.2) is 17.0 Å². The minimum absolute atomic E-state index is 0.149. The van der Waals surface area contributed by atoms with E-state index in [1.165, 1.54) is 24.3 Å². The molecule has 0 bridgehead atoms. The topological polar surface area (TPSA) is 66.4 Å². The quantitative estimate of drug-likeness (QED) is 0.618. The SMILES string of the molecule is O=C(O)c1ccc(C(=O)NS)cc1. The lowest BCUT2D eigenvalue weighted by atomic mass is 10.1. The van der Waals surface area contributed by atoms with Crippen molar-refractivity contribution in [1.82, 2.24) is 4.72 Å².